The van der Waals surface area contributed by atoms with Crippen molar-refractivity contribution in [2.24, 2.45) is 5.73 Å². The van der Waals surface area contributed by atoms with Crippen LogP contribution in [0, 0.1) is 0 Å². The summed E-state index contributed by atoms with van der Waals surface area (Å²) in [6.07, 6.45) is -0.909. The highest BCUT2D eigenvalue weighted by molar-refractivity contribution is 7.89. The quantitative estimate of drug-likeness (QED) is 0.367. The Morgan fingerprint density at radius 2 is 1.78 bits per heavy atom. The summed E-state index contributed by atoms with van der Waals surface area (Å²) >= 11 is 11.9. The number of aromatic nitrogens is 2. The number of ether oxygens (including phenoxy) is 1. The summed E-state index contributed by atoms with van der Waals surface area (Å²) < 4.78 is 32.7. The molecular weight excluding hydrogens is 475 g/mol. The van der Waals surface area contributed by atoms with Gasteiger partial charge >= 0.3 is 6.09 Å². The average Bonchev–Trinajstić information content (AvgIpc) is 3.18. The van der Waals surface area contributed by atoms with Gasteiger partial charge in [-0.2, -0.15) is 0 Å². The van der Waals surface area contributed by atoms with Crippen LogP contribution in [0.3, 0.4) is 0 Å². The molecule has 0 aliphatic carbocycles. The first-order chi connectivity index (χ1) is 15.2. The normalized spacial score (nSPS) is 11.6. The summed E-state index contributed by atoms with van der Waals surface area (Å²) in [6, 6.07) is 16.0. The molecule has 0 radical (unpaired) electrons. The van der Waals surface area contributed by atoms with Gasteiger partial charge in [-0.3, -0.25) is 0 Å². The molecule has 0 unspecified atom stereocenters. The first kappa shape index (κ1) is 22.1. The molecule has 1 heterocycles. The van der Waals surface area contributed by atoms with E-state index in [0.717, 1.165) is 0 Å². The maximum absolute atomic E-state index is 12.6. The molecule has 4 rings (SSSR count). The fourth-order valence-corrected chi connectivity index (χ4v) is 4.35. The van der Waals surface area contributed by atoms with E-state index >= 15 is 0 Å². The lowest BCUT2D eigenvalue weighted by atomic mass is 10.2. The molecular formula is C21H16Cl2N4O4S. The van der Waals surface area contributed by atoms with E-state index in [4.69, 9.17) is 33.7 Å². The highest BCUT2D eigenvalue weighted by Crippen LogP contribution is 2.25. The molecule has 0 atom stereocenters. The number of fused-ring (bicyclic) bond motifs is 1. The summed E-state index contributed by atoms with van der Waals surface area (Å²) in [6.45, 7) is 0.0697. The second-order valence-electron chi connectivity index (χ2n) is 6.78. The third-order valence-corrected chi connectivity index (χ3v) is 6.72. The van der Waals surface area contributed by atoms with Crippen LogP contribution in [0.5, 0.6) is 5.75 Å². The summed E-state index contributed by atoms with van der Waals surface area (Å²) in [5.41, 5.74) is 7.68. The Morgan fingerprint density at radius 1 is 1.03 bits per heavy atom. The predicted octanol–water partition coefficient (Wildman–Crippen LogP) is 4.47. The maximum Gasteiger partial charge on any atom is 0.409 e. The van der Waals surface area contributed by atoms with E-state index in [0.29, 0.717) is 38.0 Å². The van der Waals surface area contributed by atoms with Crippen LogP contribution in [0.4, 0.5) is 4.79 Å². The van der Waals surface area contributed by atoms with Gasteiger partial charge in [0.1, 0.15) is 11.6 Å². The van der Waals surface area contributed by atoms with E-state index in [1.165, 1.54) is 12.1 Å². The number of nitrogens with zero attached hydrogens (tertiary/aromatic N) is 1. The van der Waals surface area contributed by atoms with Gasteiger partial charge in [0, 0.05) is 18.2 Å². The van der Waals surface area contributed by atoms with Crippen LogP contribution >= 0.6 is 23.2 Å². The molecule has 0 saturated carbocycles. The van der Waals surface area contributed by atoms with Crippen LogP contribution in [-0.4, -0.2) is 24.5 Å². The second kappa shape index (κ2) is 8.79. The lowest BCUT2D eigenvalue weighted by molar-refractivity contribution is 0.211. The number of nitrogens with one attached hydrogen (secondary N) is 2. The number of benzene rings is 3. The number of hydrogen-bond acceptors (Lipinski definition) is 5. The van der Waals surface area contributed by atoms with Crippen molar-refractivity contribution in [3.8, 4) is 17.1 Å². The smallest absolute Gasteiger partial charge is 0.409 e. The summed E-state index contributed by atoms with van der Waals surface area (Å²) in [5, 5.41) is 0.753. The van der Waals surface area contributed by atoms with Crippen LogP contribution in [0.15, 0.2) is 65.6 Å². The van der Waals surface area contributed by atoms with Crippen molar-refractivity contribution in [3.05, 3.63) is 76.3 Å². The molecule has 1 aromatic heterocycles. The maximum atomic E-state index is 12.6. The van der Waals surface area contributed by atoms with E-state index < -0.39 is 16.1 Å². The number of amides is 1. The van der Waals surface area contributed by atoms with Gasteiger partial charge < -0.3 is 15.5 Å². The SMILES string of the molecule is NC(=O)Oc1ccc2nc(-c3ccc(S(=O)(=O)NCc4ccc(Cl)c(Cl)c4)cc3)[nH]c2c1. The number of nitrogens with two attached hydrogens (primary N) is 1. The van der Waals surface area contributed by atoms with Gasteiger partial charge in [0.05, 0.1) is 26.0 Å². The van der Waals surface area contributed by atoms with Gasteiger partial charge in [0.2, 0.25) is 10.0 Å². The molecule has 4 aromatic rings. The predicted molar refractivity (Wildman–Crippen MR) is 122 cm³/mol. The first-order valence-corrected chi connectivity index (χ1v) is 11.5. The van der Waals surface area contributed by atoms with Crippen molar-refractivity contribution in [2.75, 3.05) is 0 Å². The average molecular weight is 491 g/mol. The highest BCUT2D eigenvalue weighted by Gasteiger charge is 2.15. The van der Waals surface area contributed by atoms with Gasteiger partial charge in [-0.15, -0.1) is 0 Å². The Hall–Kier alpha value is -3.11. The molecule has 164 valence electrons. The Bertz CT molecular complexity index is 1420. The molecule has 0 aliphatic rings. The molecule has 0 spiro atoms. The van der Waals surface area contributed by atoms with Crippen LogP contribution in [0.25, 0.3) is 22.4 Å². The van der Waals surface area contributed by atoms with Crippen LogP contribution in [0.1, 0.15) is 5.56 Å². The molecule has 1 amide bonds. The molecule has 0 aliphatic heterocycles. The van der Waals surface area contributed by atoms with Crippen molar-refractivity contribution < 1.29 is 17.9 Å². The topological polar surface area (TPSA) is 127 Å². The molecule has 0 saturated heterocycles. The van der Waals surface area contributed by atoms with Crippen LogP contribution < -0.4 is 15.2 Å². The molecule has 11 heteroatoms. The third-order valence-electron chi connectivity index (χ3n) is 4.56. The minimum atomic E-state index is -3.74. The second-order valence-corrected chi connectivity index (χ2v) is 9.36. The van der Waals surface area contributed by atoms with Gasteiger partial charge in [0.25, 0.3) is 0 Å². The Balaban J connectivity index is 1.51. The van der Waals surface area contributed by atoms with E-state index in [-0.39, 0.29) is 17.2 Å². The van der Waals surface area contributed by atoms with Gasteiger partial charge in [-0.25, -0.2) is 22.9 Å². The van der Waals surface area contributed by atoms with Crippen LogP contribution in [-0.2, 0) is 16.6 Å². The first-order valence-electron chi connectivity index (χ1n) is 9.22. The zero-order valence-electron chi connectivity index (χ0n) is 16.3. The number of rotatable bonds is 6. The molecule has 0 fully saturated rings. The van der Waals surface area contributed by atoms with Crippen molar-refractivity contribution in [3.63, 3.8) is 0 Å². The summed E-state index contributed by atoms with van der Waals surface area (Å²) in [7, 11) is -3.74. The Kier molecular flexibility index (Phi) is 6.07. The van der Waals surface area contributed by atoms with Crippen molar-refractivity contribution >= 4 is 50.4 Å². The van der Waals surface area contributed by atoms with Crippen molar-refractivity contribution in [1.29, 1.82) is 0 Å². The fourth-order valence-electron chi connectivity index (χ4n) is 3.01. The molecule has 3 aromatic carbocycles. The fraction of sp³-hybridized carbons (Fsp3) is 0.0476. The minimum absolute atomic E-state index is 0.0697. The number of sulfonamides is 1. The molecule has 8 nitrogen and oxygen atoms in total. The highest BCUT2D eigenvalue weighted by atomic mass is 35.5. The minimum Gasteiger partial charge on any atom is -0.410 e. The zero-order valence-corrected chi connectivity index (χ0v) is 18.6. The van der Waals surface area contributed by atoms with Gasteiger partial charge in [-0.1, -0.05) is 29.3 Å². The molecule has 4 N–H and O–H groups in total. The number of hydrogen-bond donors (Lipinski definition) is 3. The number of carbonyl (C=O) groups is 1. The molecule has 32 heavy (non-hydrogen) atoms. The number of carbonyl (C=O) groups excluding carboxylic acids is 1. The van der Waals surface area contributed by atoms with Gasteiger partial charge in [0.15, 0.2) is 0 Å². The lowest BCUT2D eigenvalue weighted by Crippen LogP contribution is -2.23. The van der Waals surface area contributed by atoms with E-state index in [1.54, 1.807) is 48.5 Å². The van der Waals surface area contributed by atoms with Gasteiger partial charge in [-0.05, 0) is 54.1 Å². The number of halogens is 2. The monoisotopic (exact) mass is 490 g/mol. The molecule has 0 bridgehead atoms. The van der Waals surface area contributed by atoms with E-state index in [9.17, 15) is 13.2 Å². The number of H-pyrrole nitrogens is 1. The standard InChI is InChI=1S/C21H16Cl2N4O4S/c22-16-7-1-12(9-17(16)23)11-25-32(29,30)15-5-2-13(3-6-15)20-26-18-8-4-14(31-21(24)28)10-19(18)27-20/h1-10,25H,11H2,(H2,24,28)(H,26,27). The van der Waals surface area contributed by atoms with E-state index in [1.807, 2.05) is 0 Å². The third kappa shape index (κ3) is 4.86. The number of imidazole rings is 1. The van der Waals surface area contributed by atoms with Crippen molar-refractivity contribution in [2.45, 2.75) is 11.4 Å². The zero-order chi connectivity index (χ0) is 22.9. The summed E-state index contributed by atoms with van der Waals surface area (Å²) in [4.78, 5) is 18.6. The van der Waals surface area contributed by atoms with Crippen LogP contribution in [0.2, 0.25) is 10.0 Å². The largest absolute Gasteiger partial charge is 0.410 e. The number of aromatic amines is 1. The Labute approximate surface area is 193 Å². The Morgan fingerprint density at radius 3 is 2.47 bits per heavy atom. The van der Waals surface area contributed by atoms with E-state index in [2.05, 4.69) is 14.7 Å². The lowest BCUT2D eigenvalue weighted by Gasteiger charge is -2.08. The summed E-state index contributed by atoms with van der Waals surface area (Å²) in [5.74, 6) is 0.818. The number of primary amides is 1. The van der Waals surface area contributed by atoms with Crippen molar-refractivity contribution in [1.82, 2.24) is 14.7 Å².